The normalized spacial score (nSPS) is 11.3. The van der Waals surface area contributed by atoms with Crippen LogP contribution in [-0.2, 0) is 19.6 Å². The largest absolute Gasteiger partial charge is 0.462 e. The lowest BCUT2D eigenvalue weighted by molar-refractivity contribution is -0.116. The number of likely N-dealkylation sites (N-methyl/N-ethyl adjacent to an activating group) is 1. The summed E-state index contributed by atoms with van der Waals surface area (Å²) in [6.45, 7) is 3.36. The summed E-state index contributed by atoms with van der Waals surface area (Å²) in [7, 11) is -2.43. The molecule has 0 radical (unpaired) electrons. The molecule has 1 N–H and O–H groups in total. The van der Waals surface area contributed by atoms with Crippen molar-refractivity contribution in [3.63, 3.8) is 0 Å². The number of hydrogen-bond acceptors (Lipinski definition) is 5. The minimum Gasteiger partial charge on any atom is -0.462 e. The summed E-state index contributed by atoms with van der Waals surface area (Å²) >= 11 is 0. The Kier molecular flexibility index (Phi) is 6.70. The average molecular weight is 390 g/mol. The zero-order chi connectivity index (χ0) is 20.0. The Labute approximate surface area is 159 Å². The molecule has 1 amide bonds. The van der Waals surface area contributed by atoms with Gasteiger partial charge in [-0.25, -0.2) is 13.2 Å². The number of nitrogens with one attached hydrogen (secondary N) is 1. The molecule has 0 heterocycles. The van der Waals surface area contributed by atoms with Crippen LogP contribution in [0.5, 0.6) is 0 Å². The second kappa shape index (κ2) is 8.79. The van der Waals surface area contributed by atoms with Crippen LogP contribution in [0.4, 0.5) is 5.69 Å². The summed E-state index contributed by atoms with van der Waals surface area (Å²) in [6.07, 6.45) is 0. The van der Waals surface area contributed by atoms with Gasteiger partial charge in [-0.05, 0) is 43.7 Å². The molecule has 0 unspecified atom stereocenters. The van der Waals surface area contributed by atoms with Crippen LogP contribution in [0, 0.1) is 6.92 Å². The van der Waals surface area contributed by atoms with Crippen LogP contribution in [0.25, 0.3) is 0 Å². The van der Waals surface area contributed by atoms with E-state index >= 15 is 0 Å². The van der Waals surface area contributed by atoms with Gasteiger partial charge in [0.15, 0.2) is 0 Å². The Morgan fingerprint density at radius 2 is 1.78 bits per heavy atom. The number of rotatable bonds is 7. The average Bonchev–Trinajstić information content (AvgIpc) is 2.64. The monoisotopic (exact) mass is 390 g/mol. The van der Waals surface area contributed by atoms with Crippen molar-refractivity contribution in [3.05, 3.63) is 59.7 Å². The van der Waals surface area contributed by atoms with Gasteiger partial charge in [0.1, 0.15) is 0 Å². The maximum absolute atomic E-state index is 12.5. The van der Waals surface area contributed by atoms with Gasteiger partial charge < -0.3 is 10.1 Å². The van der Waals surface area contributed by atoms with Gasteiger partial charge >= 0.3 is 5.97 Å². The van der Waals surface area contributed by atoms with Crippen LogP contribution in [0.15, 0.2) is 53.4 Å². The SMILES string of the molecule is CCOC(=O)c1ccc(C)c(NC(=O)CN(C)S(=O)(=O)c2ccccc2)c1. The van der Waals surface area contributed by atoms with Crippen LogP contribution >= 0.6 is 0 Å². The van der Waals surface area contributed by atoms with Crippen LogP contribution in [0.3, 0.4) is 0 Å². The first kappa shape index (κ1) is 20.6. The minimum absolute atomic E-state index is 0.112. The van der Waals surface area contributed by atoms with E-state index in [9.17, 15) is 18.0 Å². The van der Waals surface area contributed by atoms with E-state index in [2.05, 4.69) is 5.32 Å². The predicted molar refractivity (Wildman–Crippen MR) is 102 cm³/mol. The lowest BCUT2D eigenvalue weighted by Gasteiger charge is -2.17. The molecular weight excluding hydrogens is 368 g/mol. The number of esters is 1. The van der Waals surface area contributed by atoms with Crippen LogP contribution < -0.4 is 5.32 Å². The molecule has 0 bridgehead atoms. The molecule has 0 fully saturated rings. The van der Waals surface area contributed by atoms with Crippen LogP contribution in [0.2, 0.25) is 0 Å². The molecule has 7 nitrogen and oxygen atoms in total. The number of amides is 1. The highest BCUT2D eigenvalue weighted by molar-refractivity contribution is 7.89. The molecule has 2 aromatic rings. The maximum Gasteiger partial charge on any atom is 0.338 e. The molecule has 0 spiro atoms. The number of ether oxygens (including phenoxy) is 1. The Morgan fingerprint density at radius 1 is 1.11 bits per heavy atom. The second-order valence-corrected chi connectivity index (χ2v) is 7.92. The van der Waals surface area contributed by atoms with E-state index in [1.807, 2.05) is 0 Å². The molecule has 8 heteroatoms. The van der Waals surface area contributed by atoms with Crippen molar-refractivity contribution in [2.45, 2.75) is 18.7 Å². The molecule has 0 atom stereocenters. The fourth-order valence-corrected chi connectivity index (χ4v) is 3.50. The van der Waals surface area contributed by atoms with Crippen LogP contribution in [0.1, 0.15) is 22.8 Å². The van der Waals surface area contributed by atoms with E-state index in [0.717, 1.165) is 9.87 Å². The molecule has 27 heavy (non-hydrogen) atoms. The molecule has 0 saturated carbocycles. The van der Waals surface area contributed by atoms with Gasteiger partial charge in [-0.2, -0.15) is 4.31 Å². The quantitative estimate of drug-likeness (QED) is 0.733. The highest BCUT2D eigenvalue weighted by Gasteiger charge is 2.23. The fraction of sp³-hybridized carbons (Fsp3) is 0.263. The number of sulfonamides is 1. The van der Waals surface area contributed by atoms with E-state index in [1.54, 1.807) is 44.2 Å². The standard InChI is InChI=1S/C19H22N2O5S/c1-4-26-19(23)15-11-10-14(2)17(12-15)20-18(22)13-21(3)27(24,25)16-8-6-5-7-9-16/h5-12H,4,13H2,1-3H3,(H,20,22). The van der Waals surface area contributed by atoms with Crippen molar-refractivity contribution in [1.82, 2.24) is 4.31 Å². The molecule has 2 rings (SSSR count). The van der Waals surface area contributed by atoms with Crippen molar-refractivity contribution in [1.29, 1.82) is 0 Å². The van der Waals surface area contributed by atoms with E-state index < -0.39 is 21.9 Å². The van der Waals surface area contributed by atoms with Crippen LogP contribution in [-0.4, -0.2) is 44.8 Å². The number of carbonyl (C=O) groups is 2. The van der Waals surface area contributed by atoms with Gasteiger partial charge in [-0.3, -0.25) is 4.79 Å². The van der Waals surface area contributed by atoms with Gasteiger partial charge in [0.05, 0.1) is 23.6 Å². The van der Waals surface area contributed by atoms with Gasteiger partial charge in [-0.15, -0.1) is 0 Å². The fourth-order valence-electron chi connectivity index (χ4n) is 2.35. The zero-order valence-electron chi connectivity index (χ0n) is 15.4. The van der Waals surface area contributed by atoms with E-state index in [0.29, 0.717) is 11.3 Å². The van der Waals surface area contributed by atoms with Crippen molar-refractivity contribution in [3.8, 4) is 0 Å². The Bertz CT molecular complexity index is 926. The van der Waals surface area contributed by atoms with Crippen molar-refractivity contribution in [2.75, 3.05) is 25.5 Å². The maximum atomic E-state index is 12.5. The van der Waals surface area contributed by atoms with Gasteiger partial charge in [-0.1, -0.05) is 24.3 Å². The first-order valence-electron chi connectivity index (χ1n) is 8.34. The molecular formula is C19H22N2O5S. The summed E-state index contributed by atoms with van der Waals surface area (Å²) in [5.41, 5.74) is 1.48. The lowest BCUT2D eigenvalue weighted by atomic mass is 10.1. The first-order valence-corrected chi connectivity index (χ1v) is 9.78. The second-order valence-electron chi connectivity index (χ2n) is 5.87. The van der Waals surface area contributed by atoms with E-state index in [4.69, 9.17) is 4.74 Å². The Morgan fingerprint density at radius 3 is 2.41 bits per heavy atom. The number of anilines is 1. The number of benzene rings is 2. The van der Waals surface area contributed by atoms with Gasteiger partial charge in [0.2, 0.25) is 15.9 Å². The summed E-state index contributed by atoms with van der Waals surface area (Å²) in [6, 6.07) is 12.7. The summed E-state index contributed by atoms with van der Waals surface area (Å²) < 4.78 is 30.9. The minimum atomic E-state index is -3.77. The third-order valence-corrected chi connectivity index (χ3v) is 5.66. The lowest BCUT2D eigenvalue weighted by Crippen LogP contribution is -2.35. The molecule has 0 saturated heterocycles. The number of carbonyl (C=O) groups excluding carboxylic acids is 2. The molecule has 2 aromatic carbocycles. The molecule has 0 aromatic heterocycles. The first-order chi connectivity index (χ1) is 12.8. The van der Waals surface area contributed by atoms with Crippen molar-refractivity contribution >= 4 is 27.6 Å². The van der Waals surface area contributed by atoms with Gasteiger partial charge in [0, 0.05) is 12.7 Å². The third-order valence-electron chi connectivity index (χ3n) is 3.84. The zero-order valence-corrected chi connectivity index (χ0v) is 16.2. The molecule has 0 aliphatic rings. The number of nitrogens with zero attached hydrogens (tertiary/aromatic N) is 1. The summed E-state index contributed by atoms with van der Waals surface area (Å²) in [5, 5.41) is 2.65. The topological polar surface area (TPSA) is 92.8 Å². The number of aryl methyl sites for hydroxylation is 1. The van der Waals surface area contributed by atoms with E-state index in [1.165, 1.54) is 25.2 Å². The smallest absolute Gasteiger partial charge is 0.338 e. The Balaban J connectivity index is 2.11. The highest BCUT2D eigenvalue weighted by atomic mass is 32.2. The van der Waals surface area contributed by atoms with Crippen molar-refractivity contribution in [2.24, 2.45) is 0 Å². The molecule has 144 valence electrons. The third kappa shape index (κ3) is 5.15. The summed E-state index contributed by atoms with van der Waals surface area (Å²) in [4.78, 5) is 24.3. The molecule has 0 aliphatic carbocycles. The molecule has 0 aliphatic heterocycles. The predicted octanol–water partition coefficient (Wildman–Crippen LogP) is 2.43. The van der Waals surface area contributed by atoms with Crippen molar-refractivity contribution < 1.29 is 22.7 Å². The summed E-state index contributed by atoms with van der Waals surface area (Å²) in [5.74, 6) is -1.00. The highest BCUT2D eigenvalue weighted by Crippen LogP contribution is 2.18. The number of hydrogen-bond donors (Lipinski definition) is 1. The van der Waals surface area contributed by atoms with E-state index in [-0.39, 0.29) is 18.0 Å². The Hall–Kier alpha value is -2.71. The van der Waals surface area contributed by atoms with Gasteiger partial charge in [0.25, 0.3) is 0 Å².